The highest BCUT2D eigenvalue weighted by Crippen LogP contribution is 2.49. The maximum absolute atomic E-state index is 13.6. The van der Waals surface area contributed by atoms with E-state index in [4.69, 9.17) is 0 Å². The molecule has 29 heavy (non-hydrogen) atoms. The molecule has 2 fully saturated rings. The number of nitrogens with zero attached hydrogens (tertiary/aromatic N) is 2. The van der Waals surface area contributed by atoms with Crippen LogP contribution in [0, 0.1) is 25.7 Å². The van der Waals surface area contributed by atoms with E-state index >= 15 is 0 Å². The summed E-state index contributed by atoms with van der Waals surface area (Å²) in [6.07, 6.45) is 3.97. The van der Waals surface area contributed by atoms with Crippen LogP contribution in [0.4, 0.5) is 11.4 Å². The molecule has 0 aliphatic carbocycles. The lowest BCUT2D eigenvalue weighted by molar-refractivity contribution is -0.126. The van der Waals surface area contributed by atoms with Crippen LogP contribution in [-0.2, 0) is 14.4 Å². The number of para-hydroxylation sites is 2. The van der Waals surface area contributed by atoms with Crippen molar-refractivity contribution in [2.75, 3.05) is 9.80 Å². The van der Waals surface area contributed by atoms with Crippen LogP contribution in [0.3, 0.4) is 0 Å². The van der Waals surface area contributed by atoms with Gasteiger partial charge in [0.2, 0.25) is 11.8 Å². The van der Waals surface area contributed by atoms with E-state index in [1.54, 1.807) is 0 Å². The fraction of sp³-hybridized carbons (Fsp3) is 0.292. The first-order chi connectivity index (χ1) is 13.9. The van der Waals surface area contributed by atoms with Gasteiger partial charge in [-0.2, -0.15) is 0 Å². The number of aryl methyl sites for hydroxylation is 2. The molecule has 2 amide bonds. The Kier molecular flexibility index (Phi) is 3.78. The minimum atomic E-state index is -0.667. The van der Waals surface area contributed by atoms with Crippen LogP contribution in [0.2, 0.25) is 0 Å². The molecule has 2 aromatic rings. The van der Waals surface area contributed by atoms with Gasteiger partial charge in [-0.3, -0.25) is 14.4 Å². The number of carbonyl (C=O) groups excluding carboxylic acids is 3. The number of benzene rings is 2. The van der Waals surface area contributed by atoms with Crippen molar-refractivity contribution in [1.82, 2.24) is 0 Å². The van der Waals surface area contributed by atoms with Crippen molar-refractivity contribution >= 4 is 35.0 Å². The van der Waals surface area contributed by atoms with Crippen molar-refractivity contribution in [3.63, 3.8) is 0 Å². The molecule has 2 saturated heterocycles. The van der Waals surface area contributed by atoms with E-state index < -0.39 is 17.9 Å². The second kappa shape index (κ2) is 6.14. The van der Waals surface area contributed by atoms with Gasteiger partial charge in [0.05, 0.1) is 23.6 Å². The molecular weight excluding hydrogens is 364 g/mol. The summed E-state index contributed by atoms with van der Waals surface area (Å²) in [5, 5.41) is 0. The lowest BCUT2D eigenvalue weighted by Gasteiger charge is -2.36. The van der Waals surface area contributed by atoms with Crippen LogP contribution < -0.4 is 9.80 Å². The predicted octanol–water partition coefficient (Wildman–Crippen LogP) is 3.28. The third kappa shape index (κ3) is 2.30. The summed E-state index contributed by atoms with van der Waals surface area (Å²) in [5.41, 5.74) is 4.33. The van der Waals surface area contributed by atoms with Crippen molar-refractivity contribution in [1.29, 1.82) is 0 Å². The molecule has 3 heterocycles. The van der Waals surface area contributed by atoms with E-state index in [0.717, 1.165) is 22.4 Å². The Labute approximate surface area is 169 Å². The number of hydrogen-bond donors (Lipinski definition) is 0. The van der Waals surface area contributed by atoms with E-state index in [0.29, 0.717) is 5.69 Å². The zero-order valence-corrected chi connectivity index (χ0v) is 16.6. The molecular formula is C24H22N2O3. The summed E-state index contributed by atoms with van der Waals surface area (Å²) in [6, 6.07) is 12.6. The van der Waals surface area contributed by atoms with Gasteiger partial charge in [0.25, 0.3) is 0 Å². The van der Waals surface area contributed by atoms with Crippen molar-refractivity contribution in [3.05, 3.63) is 65.2 Å². The van der Waals surface area contributed by atoms with E-state index in [-0.39, 0.29) is 23.6 Å². The highest BCUT2D eigenvalue weighted by molar-refractivity contribution is 6.25. The molecule has 0 N–H and O–H groups in total. The largest absolute Gasteiger partial charge is 0.353 e. The van der Waals surface area contributed by atoms with Gasteiger partial charge in [-0.25, -0.2) is 4.90 Å². The van der Waals surface area contributed by atoms with Crippen LogP contribution in [0.25, 0.3) is 6.08 Å². The second-order valence-corrected chi connectivity index (χ2v) is 8.18. The van der Waals surface area contributed by atoms with Gasteiger partial charge in [-0.15, -0.1) is 0 Å². The number of imide groups is 1. The molecule has 0 spiro atoms. The third-order valence-electron chi connectivity index (χ3n) is 6.49. The standard InChI is InChI=1S/C24H22N2O3/c1-13-7-6-8-14(2)21(13)26-23(28)19-18-12-11-16-9-4-5-10-17(16)25(18)22(15(3)27)20(19)24(26)29/h4-12,18-20,22H,1-3H3/t18-,19+,20-,22+/m0/s1. The number of fused-ring (bicyclic) bond motifs is 5. The van der Waals surface area contributed by atoms with Crippen molar-refractivity contribution in [3.8, 4) is 0 Å². The fourth-order valence-electron chi connectivity index (χ4n) is 5.35. The quantitative estimate of drug-likeness (QED) is 0.744. The van der Waals surface area contributed by atoms with Crippen LogP contribution >= 0.6 is 0 Å². The summed E-state index contributed by atoms with van der Waals surface area (Å²) in [5.74, 6) is -1.78. The normalized spacial score (nSPS) is 27.1. The molecule has 0 saturated carbocycles. The number of hydrogen-bond acceptors (Lipinski definition) is 4. The van der Waals surface area contributed by atoms with Crippen LogP contribution in [-0.4, -0.2) is 29.7 Å². The van der Waals surface area contributed by atoms with Gasteiger partial charge in [-0.1, -0.05) is 48.6 Å². The molecule has 3 aliphatic rings. The van der Waals surface area contributed by atoms with Gasteiger partial charge in [0.1, 0.15) is 6.04 Å². The van der Waals surface area contributed by atoms with Gasteiger partial charge in [0.15, 0.2) is 5.78 Å². The molecule has 0 unspecified atom stereocenters. The first kappa shape index (κ1) is 17.9. The minimum Gasteiger partial charge on any atom is -0.353 e. The van der Waals surface area contributed by atoms with Gasteiger partial charge >= 0.3 is 0 Å². The summed E-state index contributed by atoms with van der Waals surface area (Å²) in [4.78, 5) is 43.2. The van der Waals surface area contributed by atoms with Crippen LogP contribution in [0.15, 0.2) is 48.5 Å². The van der Waals surface area contributed by atoms with Crippen LogP contribution in [0.1, 0.15) is 23.6 Å². The SMILES string of the molecule is CC(=O)[C@@H]1[C@H]2C(=O)N(c3c(C)cccc3C)C(=O)[C@@H]2[C@@H]2C=Cc3ccccc3N12. The van der Waals surface area contributed by atoms with E-state index in [9.17, 15) is 14.4 Å². The first-order valence-corrected chi connectivity index (χ1v) is 9.92. The molecule has 0 bridgehead atoms. The molecule has 5 nitrogen and oxygen atoms in total. The monoisotopic (exact) mass is 386 g/mol. The first-order valence-electron chi connectivity index (χ1n) is 9.92. The topological polar surface area (TPSA) is 57.7 Å². The Morgan fingerprint density at radius 1 is 0.897 bits per heavy atom. The van der Waals surface area contributed by atoms with Crippen molar-refractivity contribution < 1.29 is 14.4 Å². The minimum absolute atomic E-state index is 0.0860. The fourth-order valence-corrected chi connectivity index (χ4v) is 5.35. The number of rotatable bonds is 2. The molecule has 0 radical (unpaired) electrons. The average Bonchev–Trinajstić information content (AvgIpc) is 3.17. The smallest absolute Gasteiger partial charge is 0.240 e. The Hall–Kier alpha value is -3.21. The van der Waals surface area contributed by atoms with Crippen LogP contribution in [0.5, 0.6) is 0 Å². The highest BCUT2D eigenvalue weighted by atomic mass is 16.2. The van der Waals surface area contributed by atoms with E-state index in [2.05, 4.69) is 0 Å². The zero-order chi connectivity index (χ0) is 20.4. The number of amides is 2. The van der Waals surface area contributed by atoms with Gasteiger partial charge in [0, 0.05) is 5.69 Å². The molecule has 5 rings (SSSR count). The molecule has 4 atom stereocenters. The number of anilines is 2. The molecule has 146 valence electrons. The molecule has 3 aliphatic heterocycles. The summed E-state index contributed by atoms with van der Waals surface area (Å²) >= 11 is 0. The second-order valence-electron chi connectivity index (χ2n) is 8.18. The lowest BCUT2D eigenvalue weighted by Crippen LogP contribution is -2.48. The maximum atomic E-state index is 13.6. The molecule has 5 heteroatoms. The Morgan fingerprint density at radius 3 is 2.24 bits per heavy atom. The summed E-state index contributed by atoms with van der Waals surface area (Å²) < 4.78 is 0. The predicted molar refractivity (Wildman–Crippen MR) is 112 cm³/mol. The third-order valence-corrected chi connectivity index (χ3v) is 6.49. The number of ketones is 1. The maximum Gasteiger partial charge on any atom is 0.240 e. The highest BCUT2D eigenvalue weighted by Gasteiger charge is 2.63. The van der Waals surface area contributed by atoms with Gasteiger partial charge < -0.3 is 4.90 Å². The Balaban J connectivity index is 1.66. The Bertz CT molecular complexity index is 1080. The van der Waals surface area contributed by atoms with Crippen molar-refractivity contribution in [2.24, 2.45) is 11.8 Å². The molecule has 0 aromatic heterocycles. The summed E-state index contributed by atoms with van der Waals surface area (Å²) in [6.45, 7) is 5.33. The Morgan fingerprint density at radius 2 is 1.55 bits per heavy atom. The number of Topliss-reactive ketones (excluding diaryl/α,β-unsaturated/α-hetero) is 1. The van der Waals surface area contributed by atoms with Crippen molar-refractivity contribution in [2.45, 2.75) is 32.9 Å². The summed E-state index contributed by atoms with van der Waals surface area (Å²) in [7, 11) is 0. The van der Waals surface area contributed by atoms with E-state index in [1.165, 1.54) is 11.8 Å². The zero-order valence-electron chi connectivity index (χ0n) is 16.6. The average molecular weight is 386 g/mol. The van der Waals surface area contributed by atoms with E-state index in [1.807, 2.05) is 73.4 Å². The lowest BCUT2D eigenvalue weighted by atomic mass is 9.88. The number of carbonyl (C=O) groups is 3. The van der Waals surface area contributed by atoms with Gasteiger partial charge in [-0.05, 0) is 43.5 Å². The molecule has 2 aromatic carbocycles.